The molecule has 0 saturated carbocycles. The number of nitrogens with zero attached hydrogens (tertiary/aromatic N) is 2. The van der Waals surface area contributed by atoms with Gasteiger partial charge in [-0.1, -0.05) is 22.0 Å². The van der Waals surface area contributed by atoms with Crippen molar-refractivity contribution in [1.82, 2.24) is 0 Å². The number of carbonyl (C=O) groups excluding carboxylic acids is 1. The van der Waals surface area contributed by atoms with Gasteiger partial charge in [0.25, 0.3) is 5.91 Å². The Hall–Kier alpha value is -2.14. The third-order valence-corrected chi connectivity index (χ3v) is 3.84. The molecule has 106 valence electrons. The largest absolute Gasteiger partial charge is 0.399 e. The molecule has 0 unspecified atom stereocenters. The van der Waals surface area contributed by atoms with E-state index < -0.39 is 0 Å². The summed E-state index contributed by atoms with van der Waals surface area (Å²) in [5.74, 6) is -0.0344. The van der Waals surface area contributed by atoms with E-state index >= 15 is 0 Å². The first-order valence-electron chi connectivity index (χ1n) is 6.62. The number of halogens is 1. The summed E-state index contributed by atoms with van der Waals surface area (Å²) in [6.45, 7) is 1.13. The molecule has 21 heavy (non-hydrogen) atoms. The minimum Gasteiger partial charge on any atom is -0.399 e. The Kier molecular flexibility index (Phi) is 3.75. The van der Waals surface area contributed by atoms with Crippen molar-refractivity contribution in [2.24, 2.45) is 4.99 Å². The lowest BCUT2D eigenvalue weighted by Crippen LogP contribution is -2.33. The molecule has 1 aliphatic heterocycles. The molecule has 2 aromatic carbocycles. The minimum absolute atomic E-state index is 0.0344. The van der Waals surface area contributed by atoms with Crippen molar-refractivity contribution in [3.63, 3.8) is 0 Å². The van der Waals surface area contributed by atoms with Crippen LogP contribution in [0, 0.1) is 0 Å². The van der Waals surface area contributed by atoms with E-state index in [9.17, 15) is 4.79 Å². The number of nitrogen functional groups attached to an aromatic ring is 1. The number of carbonyl (C=O) groups is 1. The highest BCUT2D eigenvalue weighted by atomic mass is 79.9. The van der Waals surface area contributed by atoms with Crippen molar-refractivity contribution < 1.29 is 4.79 Å². The summed E-state index contributed by atoms with van der Waals surface area (Å²) in [5.41, 5.74) is 8.84. The van der Waals surface area contributed by atoms with Crippen molar-refractivity contribution in [3.8, 4) is 0 Å². The summed E-state index contributed by atoms with van der Waals surface area (Å²) in [6.07, 6.45) is 1.78. The Balaban J connectivity index is 2.02. The molecule has 1 heterocycles. The zero-order valence-electron chi connectivity index (χ0n) is 11.3. The smallest absolute Gasteiger partial charge is 0.258 e. The van der Waals surface area contributed by atoms with Crippen molar-refractivity contribution in [1.29, 1.82) is 0 Å². The van der Waals surface area contributed by atoms with Crippen LogP contribution < -0.4 is 10.6 Å². The second kappa shape index (κ2) is 5.69. The molecule has 0 bridgehead atoms. The second-order valence-corrected chi connectivity index (χ2v) is 5.74. The van der Waals surface area contributed by atoms with Gasteiger partial charge in [-0.05, 0) is 36.4 Å². The maximum Gasteiger partial charge on any atom is 0.258 e. The highest BCUT2D eigenvalue weighted by Gasteiger charge is 2.21. The highest BCUT2D eigenvalue weighted by Crippen LogP contribution is 2.25. The molecule has 2 N–H and O–H groups in total. The van der Waals surface area contributed by atoms with Crippen LogP contribution in [0.4, 0.5) is 11.4 Å². The first-order valence-corrected chi connectivity index (χ1v) is 7.41. The topological polar surface area (TPSA) is 58.7 Å². The number of amides is 1. The molecule has 0 spiro atoms. The van der Waals surface area contributed by atoms with E-state index in [1.54, 1.807) is 17.2 Å². The fourth-order valence-electron chi connectivity index (χ4n) is 2.35. The van der Waals surface area contributed by atoms with E-state index in [0.29, 0.717) is 24.3 Å². The molecule has 0 radical (unpaired) electrons. The first-order chi connectivity index (χ1) is 10.1. The third-order valence-electron chi connectivity index (χ3n) is 3.34. The SMILES string of the molecule is Nc1ccc2c(c1)C=NCCN2C(=O)c1cccc(Br)c1. The van der Waals surface area contributed by atoms with Gasteiger partial charge in [0.15, 0.2) is 0 Å². The summed E-state index contributed by atoms with van der Waals surface area (Å²) in [5, 5.41) is 0. The van der Waals surface area contributed by atoms with Crippen LogP contribution in [-0.4, -0.2) is 25.2 Å². The molecule has 3 rings (SSSR count). The number of benzene rings is 2. The zero-order chi connectivity index (χ0) is 14.8. The molecule has 0 aliphatic carbocycles. The summed E-state index contributed by atoms with van der Waals surface area (Å²) >= 11 is 3.40. The molecule has 2 aromatic rings. The van der Waals surface area contributed by atoms with E-state index in [1.165, 1.54) is 0 Å². The van der Waals surface area contributed by atoms with E-state index in [4.69, 9.17) is 5.73 Å². The van der Waals surface area contributed by atoms with Gasteiger partial charge in [-0.2, -0.15) is 0 Å². The predicted molar refractivity (Wildman–Crippen MR) is 89.1 cm³/mol. The van der Waals surface area contributed by atoms with Crippen molar-refractivity contribution in [3.05, 3.63) is 58.1 Å². The van der Waals surface area contributed by atoms with Gasteiger partial charge >= 0.3 is 0 Å². The average molecular weight is 344 g/mol. The number of rotatable bonds is 1. The summed E-state index contributed by atoms with van der Waals surface area (Å²) in [7, 11) is 0. The van der Waals surface area contributed by atoms with Crippen LogP contribution in [0.25, 0.3) is 0 Å². The fraction of sp³-hybridized carbons (Fsp3) is 0.125. The van der Waals surface area contributed by atoms with E-state index in [-0.39, 0.29) is 5.91 Å². The second-order valence-electron chi connectivity index (χ2n) is 4.82. The fourth-order valence-corrected chi connectivity index (χ4v) is 2.75. The van der Waals surface area contributed by atoms with Crippen LogP contribution >= 0.6 is 15.9 Å². The number of hydrogen-bond donors (Lipinski definition) is 1. The number of aliphatic imine (C=N–C) groups is 1. The van der Waals surface area contributed by atoms with Gasteiger partial charge in [-0.25, -0.2) is 0 Å². The van der Waals surface area contributed by atoms with E-state index in [1.807, 2.05) is 36.4 Å². The maximum absolute atomic E-state index is 12.8. The number of hydrogen-bond acceptors (Lipinski definition) is 3. The van der Waals surface area contributed by atoms with Crippen LogP contribution in [0.2, 0.25) is 0 Å². The van der Waals surface area contributed by atoms with Gasteiger partial charge in [0.2, 0.25) is 0 Å². The van der Waals surface area contributed by atoms with Gasteiger partial charge in [0.1, 0.15) is 0 Å². The molecule has 0 saturated heterocycles. The average Bonchev–Trinajstić information content (AvgIpc) is 2.68. The Morgan fingerprint density at radius 1 is 1.24 bits per heavy atom. The number of anilines is 2. The molecule has 4 nitrogen and oxygen atoms in total. The lowest BCUT2D eigenvalue weighted by Gasteiger charge is -2.22. The van der Waals surface area contributed by atoms with Gasteiger partial charge in [-0.15, -0.1) is 0 Å². The van der Waals surface area contributed by atoms with Gasteiger partial charge in [-0.3, -0.25) is 9.79 Å². The van der Waals surface area contributed by atoms with Crippen molar-refractivity contribution in [2.45, 2.75) is 0 Å². The lowest BCUT2D eigenvalue weighted by molar-refractivity contribution is 0.0987. The lowest BCUT2D eigenvalue weighted by atomic mass is 10.1. The Morgan fingerprint density at radius 2 is 2.10 bits per heavy atom. The third kappa shape index (κ3) is 2.83. The normalized spacial score (nSPS) is 13.7. The predicted octanol–water partition coefficient (Wildman–Crippen LogP) is 3.11. The van der Waals surface area contributed by atoms with Crippen LogP contribution in [0.1, 0.15) is 15.9 Å². The quantitative estimate of drug-likeness (QED) is 0.808. The van der Waals surface area contributed by atoms with Crippen molar-refractivity contribution >= 4 is 39.4 Å². The van der Waals surface area contributed by atoms with Gasteiger partial charge in [0, 0.05) is 34.0 Å². The summed E-state index contributed by atoms with van der Waals surface area (Å²) in [4.78, 5) is 18.8. The molecule has 1 amide bonds. The molecular formula is C16H14BrN3O. The zero-order valence-corrected chi connectivity index (χ0v) is 12.9. The number of fused-ring (bicyclic) bond motifs is 1. The van der Waals surface area contributed by atoms with Crippen LogP contribution in [0.15, 0.2) is 51.9 Å². The molecule has 0 fully saturated rings. The molecular weight excluding hydrogens is 330 g/mol. The standard InChI is InChI=1S/C16H14BrN3O/c17-13-3-1-2-11(8-13)16(21)20-7-6-19-10-12-9-14(18)4-5-15(12)20/h1-5,8-10H,6-7,18H2. The van der Waals surface area contributed by atoms with Crippen molar-refractivity contribution in [2.75, 3.05) is 23.7 Å². The highest BCUT2D eigenvalue weighted by molar-refractivity contribution is 9.10. The molecule has 0 atom stereocenters. The van der Waals surface area contributed by atoms with E-state index in [2.05, 4.69) is 20.9 Å². The minimum atomic E-state index is -0.0344. The van der Waals surface area contributed by atoms with Crippen LogP contribution in [-0.2, 0) is 0 Å². The Morgan fingerprint density at radius 3 is 2.90 bits per heavy atom. The first kappa shape index (κ1) is 13.8. The monoisotopic (exact) mass is 343 g/mol. The van der Waals surface area contributed by atoms with Gasteiger partial charge < -0.3 is 10.6 Å². The molecule has 1 aliphatic rings. The Bertz CT molecular complexity index is 727. The summed E-state index contributed by atoms with van der Waals surface area (Å²) < 4.78 is 0.886. The van der Waals surface area contributed by atoms with Crippen LogP contribution in [0.3, 0.4) is 0 Å². The van der Waals surface area contributed by atoms with Gasteiger partial charge in [0.05, 0.1) is 12.2 Å². The number of nitrogens with two attached hydrogens (primary N) is 1. The maximum atomic E-state index is 12.8. The number of benzodiazepines with no additional fused rings is 1. The summed E-state index contributed by atoms with van der Waals surface area (Å²) in [6, 6.07) is 12.9. The molecule has 5 heteroatoms. The Labute approximate surface area is 131 Å². The molecule has 0 aromatic heterocycles. The van der Waals surface area contributed by atoms with E-state index in [0.717, 1.165) is 15.7 Å². The van der Waals surface area contributed by atoms with Crippen LogP contribution in [0.5, 0.6) is 0 Å².